The molecule has 0 amide bonds. The van der Waals surface area contributed by atoms with Crippen molar-refractivity contribution in [3.8, 4) is 0 Å². The van der Waals surface area contributed by atoms with E-state index >= 15 is 0 Å². The maximum absolute atomic E-state index is 10.6. The molecule has 0 heterocycles. The lowest BCUT2D eigenvalue weighted by atomic mass is 10.1. The van der Waals surface area contributed by atoms with Gasteiger partial charge in [-0.1, -0.05) is 29.8 Å². The molecule has 2 aromatic rings. The van der Waals surface area contributed by atoms with Gasteiger partial charge in [0, 0.05) is 19.3 Å². The summed E-state index contributed by atoms with van der Waals surface area (Å²) in [5.74, 6) is -0.765. The fourth-order valence-electron chi connectivity index (χ4n) is 1.98. The minimum atomic E-state index is -0.765. The fourth-order valence-corrected chi connectivity index (χ4v) is 1.98. The molecule has 94 valence electrons. The van der Waals surface area contributed by atoms with Crippen LogP contribution in [0.25, 0.3) is 10.8 Å². The number of hydrogen-bond acceptors (Lipinski definition) is 2. The normalized spacial score (nSPS) is 10.6. The molecular weight excluding hydrogens is 226 g/mol. The van der Waals surface area contributed by atoms with E-state index in [-0.39, 0.29) is 6.42 Å². The number of hydrogen-bond donors (Lipinski definition) is 1. The van der Waals surface area contributed by atoms with E-state index in [0.29, 0.717) is 6.54 Å². The summed E-state index contributed by atoms with van der Waals surface area (Å²) < 4.78 is 0. The van der Waals surface area contributed by atoms with Crippen LogP contribution in [0.1, 0.15) is 12.0 Å². The molecule has 2 aromatic carbocycles. The number of anilines is 1. The topological polar surface area (TPSA) is 40.5 Å². The Balaban J connectivity index is 2.24. The summed E-state index contributed by atoms with van der Waals surface area (Å²) >= 11 is 0. The zero-order valence-corrected chi connectivity index (χ0v) is 10.7. The van der Waals surface area contributed by atoms with Crippen molar-refractivity contribution in [1.82, 2.24) is 0 Å². The Bertz CT molecular complexity index is 578. The molecule has 0 atom stereocenters. The number of fused-ring (bicyclic) bond motifs is 1. The van der Waals surface area contributed by atoms with Crippen LogP contribution >= 0.6 is 0 Å². The first-order chi connectivity index (χ1) is 8.56. The van der Waals surface area contributed by atoms with Gasteiger partial charge in [0.1, 0.15) is 0 Å². The highest BCUT2D eigenvalue weighted by molar-refractivity contribution is 5.86. The molecule has 0 saturated carbocycles. The number of carbonyl (C=O) groups is 1. The van der Waals surface area contributed by atoms with Crippen LogP contribution in [0.4, 0.5) is 5.69 Å². The molecule has 3 heteroatoms. The lowest BCUT2D eigenvalue weighted by Gasteiger charge is -2.18. The van der Waals surface area contributed by atoms with Crippen molar-refractivity contribution >= 4 is 22.4 Å². The van der Waals surface area contributed by atoms with Gasteiger partial charge in [0.25, 0.3) is 0 Å². The number of benzene rings is 2. The van der Waals surface area contributed by atoms with Gasteiger partial charge in [-0.25, -0.2) is 0 Å². The second kappa shape index (κ2) is 5.08. The maximum Gasteiger partial charge on any atom is 0.305 e. The van der Waals surface area contributed by atoms with Crippen LogP contribution in [0.5, 0.6) is 0 Å². The molecule has 2 rings (SSSR count). The molecule has 0 aromatic heterocycles. The molecule has 0 fully saturated rings. The first-order valence-corrected chi connectivity index (χ1v) is 5.99. The minimum Gasteiger partial charge on any atom is -0.481 e. The van der Waals surface area contributed by atoms with Gasteiger partial charge in [-0.2, -0.15) is 0 Å². The van der Waals surface area contributed by atoms with E-state index < -0.39 is 5.97 Å². The van der Waals surface area contributed by atoms with Crippen LogP contribution < -0.4 is 4.90 Å². The van der Waals surface area contributed by atoms with Gasteiger partial charge in [-0.05, 0) is 29.8 Å². The standard InChI is InChI=1S/C15H17NO2/c1-11-3-4-13-10-14(6-5-12(13)9-11)16(2)8-7-15(17)18/h3-6,9-10H,7-8H2,1-2H3,(H,17,18). The highest BCUT2D eigenvalue weighted by atomic mass is 16.4. The van der Waals surface area contributed by atoms with Crippen molar-refractivity contribution in [3.05, 3.63) is 42.0 Å². The van der Waals surface area contributed by atoms with Crippen molar-refractivity contribution in [2.45, 2.75) is 13.3 Å². The highest BCUT2D eigenvalue weighted by Gasteiger charge is 2.04. The summed E-state index contributed by atoms with van der Waals surface area (Å²) in [6.45, 7) is 2.60. The quantitative estimate of drug-likeness (QED) is 0.897. The van der Waals surface area contributed by atoms with Crippen LogP contribution in [0, 0.1) is 6.92 Å². The Morgan fingerprint density at radius 2 is 1.83 bits per heavy atom. The molecule has 0 aliphatic carbocycles. The zero-order valence-electron chi connectivity index (χ0n) is 10.7. The van der Waals surface area contributed by atoms with Crippen molar-refractivity contribution in [3.63, 3.8) is 0 Å². The zero-order chi connectivity index (χ0) is 13.1. The number of aryl methyl sites for hydroxylation is 1. The summed E-state index contributed by atoms with van der Waals surface area (Å²) in [6.07, 6.45) is 0.155. The average molecular weight is 243 g/mol. The Morgan fingerprint density at radius 1 is 1.17 bits per heavy atom. The smallest absolute Gasteiger partial charge is 0.305 e. The van der Waals surface area contributed by atoms with Gasteiger partial charge >= 0.3 is 5.97 Å². The number of carboxylic acid groups (broad SMARTS) is 1. The highest BCUT2D eigenvalue weighted by Crippen LogP contribution is 2.22. The minimum absolute atomic E-state index is 0.155. The van der Waals surface area contributed by atoms with Gasteiger partial charge in [-0.3, -0.25) is 4.79 Å². The van der Waals surface area contributed by atoms with E-state index in [1.807, 2.05) is 18.0 Å². The summed E-state index contributed by atoms with van der Waals surface area (Å²) in [7, 11) is 1.91. The lowest BCUT2D eigenvalue weighted by molar-refractivity contribution is -0.136. The van der Waals surface area contributed by atoms with Crippen molar-refractivity contribution in [1.29, 1.82) is 0 Å². The molecule has 0 aliphatic heterocycles. The summed E-state index contributed by atoms with van der Waals surface area (Å²) in [5.41, 5.74) is 2.29. The third-order valence-electron chi connectivity index (χ3n) is 3.08. The molecule has 0 bridgehead atoms. The van der Waals surface area contributed by atoms with Crippen molar-refractivity contribution in [2.24, 2.45) is 0 Å². The first-order valence-electron chi connectivity index (χ1n) is 5.99. The Kier molecular flexibility index (Phi) is 3.51. The third kappa shape index (κ3) is 2.80. The van der Waals surface area contributed by atoms with E-state index in [2.05, 4.69) is 37.3 Å². The third-order valence-corrected chi connectivity index (χ3v) is 3.08. The molecule has 0 saturated heterocycles. The molecule has 0 spiro atoms. The van der Waals surface area contributed by atoms with Crippen LogP contribution in [-0.2, 0) is 4.79 Å². The first kappa shape index (κ1) is 12.4. The molecular formula is C15H17NO2. The Labute approximate surface area is 107 Å². The van der Waals surface area contributed by atoms with Gasteiger partial charge in [0.05, 0.1) is 6.42 Å². The number of carboxylic acids is 1. The molecule has 0 aliphatic rings. The van der Waals surface area contributed by atoms with Crippen molar-refractivity contribution in [2.75, 3.05) is 18.5 Å². The Hall–Kier alpha value is -2.03. The predicted molar refractivity (Wildman–Crippen MR) is 74.2 cm³/mol. The average Bonchev–Trinajstić information content (AvgIpc) is 2.35. The summed E-state index contributed by atoms with van der Waals surface area (Å²) in [6, 6.07) is 12.5. The largest absolute Gasteiger partial charge is 0.481 e. The Morgan fingerprint density at radius 3 is 2.56 bits per heavy atom. The van der Waals surface area contributed by atoms with Crippen LogP contribution in [-0.4, -0.2) is 24.7 Å². The lowest BCUT2D eigenvalue weighted by Crippen LogP contribution is -2.20. The number of aliphatic carboxylic acids is 1. The molecule has 1 N–H and O–H groups in total. The van der Waals surface area contributed by atoms with Crippen LogP contribution in [0.3, 0.4) is 0 Å². The molecule has 0 radical (unpaired) electrons. The maximum atomic E-state index is 10.6. The summed E-state index contributed by atoms with van der Waals surface area (Å²) in [5, 5.41) is 11.1. The van der Waals surface area contributed by atoms with E-state index in [4.69, 9.17) is 5.11 Å². The molecule has 18 heavy (non-hydrogen) atoms. The molecule has 3 nitrogen and oxygen atoms in total. The van der Waals surface area contributed by atoms with E-state index in [1.54, 1.807) is 0 Å². The van der Waals surface area contributed by atoms with Crippen LogP contribution in [0.15, 0.2) is 36.4 Å². The predicted octanol–water partition coefficient (Wildman–Crippen LogP) is 3.06. The molecule has 0 unspecified atom stereocenters. The van der Waals surface area contributed by atoms with Gasteiger partial charge < -0.3 is 10.0 Å². The van der Waals surface area contributed by atoms with Crippen LogP contribution in [0.2, 0.25) is 0 Å². The van der Waals surface area contributed by atoms with Gasteiger partial charge in [0.15, 0.2) is 0 Å². The van der Waals surface area contributed by atoms with Crippen molar-refractivity contribution < 1.29 is 9.90 Å². The fraction of sp³-hybridized carbons (Fsp3) is 0.267. The van der Waals surface area contributed by atoms with E-state index in [9.17, 15) is 4.79 Å². The SMILES string of the molecule is Cc1ccc2cc(N(C)CCC(=O)O)ccc2c1. The van der Waals surface area contributed by atoms with E-state index in [1.165, 1.54) is 16.3 Å². The van der Waals surface area contributed by atoms with E-state index in [0.717, 1.165) is 5.69 Å². The number of nitrogens with zero attached hydrogens (tertiary/aromatic N) is 1. The second-order valence-electron chi connectivity index (χ2n) is 4.60. The van der Waals surface area contributed by atoms with Gasteiger partial charge in [-0.15, -0.1) is 0 Å². The summed E-state index contributed by atoms with van der Waals surface area (Å²) in [4.78, 5) is 12.5. The monoisotopic (exact) mass is 243 g/mol. The number of rotatable bonds is 4. The van der Waals surface area contributed by atoms with Gasteiger partial charge in [0.2, 0.25) is 0 Å². The second-order valence-corrected chi connectivity index (χ2v) is 4.60.